The highest BCUT2D eigenvalue weighted by atomic mass is 35.5. The zero-order chi connectivity index (χ0) is 13.8. The molecule has 6 nitrogen and oxygen atoms in total. The Kier molecular flexibility index (Phi) is 4.92. The number of halogens is 1. The van der Waals surface area contributed by atoms with Crippen molar-refractivity contribution in [2.75, 3.05) is 10.5 Å². The van der Waals surface area contributed by atoms with Gasteiger partial charge >= 0.3 is 5.97 Å². The first-order valence-electron chi connectivity index (χ1n) is 5.14. The van der Waals surface area contributed by atoms with Crippen LogP contribution < -0.4 is 4.72 Å². The first-order valence-corrected chi connectivity index (χ1v) is 7.17. The molecule has 0 saturated carbocycles. The Hall–Kier alpha value is -1.34. The van der Waals surface area contributed by atoms with Crippen molar-refractivity contribution in [1.82, 2.24) is 4.98 Å². The first-order chi connectivity index (χ1) is 8.30. The molecule has 0 aliphatic heterocycles. The van der Waals surface area contributed by atoms with Crippen molar-refractivity contribution < 1.29 is 18.3 Å². The van der Waals surface area contributed by atoms with Gasteiger partial charge in [0, 0.05) is 6.42 Å². The molecule has 0 radical (unpaired) electrons. The van der Waals surface area contributed by atoms with Crippen molar-refractivity contribution in [2.24, 2.45) is 0 Å². The molecular formula is C10H13ClN2O4S. The maximum Gasteiger partial charge on any atom is 0.303 e. The Morgan fingerprint density at radius 3 is 2.78 bits per heavy atom. The molecular weight excluding hydrogens is 280 g/mol. The van der Waals surface area contributed by atoms with E-state index in [2.05, 4.69) is 9.71 Å². The van der Waals surface area contributed by atoms with Gasteiger partial charge in [0.25, 0.3) is 0 Å². The van der Waals surface area contributed by atoms with Crippen LogP contribution in [0.5, 0.6) is 0 Å². The molecule has 1 rings (SSSR count). The van der Waals surface area contributed by atoms with Crippen LogP contribution in [-0.4, -0.2) is 30.2 Å². The molecule has 0 aliphatic rings. The van der Waals surface area contributed by atoms with Crippen LogP contribution in [0.25, 0.3) is 0 Å². The second kappa shape index (κ2) is 6.01. The molecule has 0 amide bonds. The molecule has 18 heavy (non-hydrogen) atoms. The number of pyridine rings is 1. The van der Waals surface area contributed by atoms with Gasteiger partial charge in [0.15, 0.2) is 0 Å². The fourth-order valence-corrected chi connectivity index (χ4v) is 2.65. The van der Waals surface area contributed by atoms with Crippen molar-refractivity contribution in [3.8, 4) is 0 Å². The van der Waals surface area contributed by atoms with Gasteiger partial charge in [-0.2, -0.15) is 0 Å². The van der Waals surface area contributed by atoms with Gasteiger partial charge in [-0.15, -0.1) is 0 Å². The third-order valence-electron chi connectivity index (χ3n) is 2.15. The molecule has 1 aromatic heterocycles. The Labute approximate surface area is 110 Å². The molecule has 0 bridgehead atoms. The van der Waals surface area contributed by atoms with Gasteiger partial charge in [0.1, 0.15) is 5.15 Å². The van der Waals surface area contributed by atoms with E-state index >= 15 is 0 Å². The van der Waals surface area contributed by atoms with E-state index in [0.717, 1.165) is 0 Å². The summed E-state index contributed by atoms with van der Waals surface area (Å²) < 4.78 is 25.7. The van der Waals surface area contributed by atoms with Gasteiger partial charge in [0.05, 0.1) is 17.6 Å². The number of aliphatic carboxylic acids is 1. The van der Waals surface area contributed by atoms with Crippen LogP contribution in [0.15, 0.2) is 12.3 Å². The van der Waals surface area contributed by atoms with E-state index < -0.39 is 16.0 Å². The van der Waals surface area contributed by atoms with E-state index in [9.17, 15) is 13.2 Å². The molecule has 0 saturated heterocycles. The van der Waals surface area contributed by atoms with Gasteiger partial charge < -0.3 is 5.11 Å². The summed E-state index contributed by atoms with van der Waals surface area (Å²) in [5, 5.41) is 8.71. The second-order valence-electron chi connectivity index (χ2n) is 3.74. The third-order valence-corrected chi connectivity index (χ3v) is 3.71. The van der Waals surface area contributed by atoms with E-state index in [1.54, 1.807) is 6.92 Å². The topological polar surface area (TPSA) is 96.4 Å². The lowest BCUT2D eigenvalue weighted by atomic mass is 10.3. The zero-order valence-corrected chi connectivity index (χ0v) is 11.3. The van der Waals surface area contributed by atoms with Gasteiger partial charge in [-0.3, -0.25) is 9.52 Å². The maximum absolute atomic E-state index is 11.7. The van der Waals surface area contributed by atoms with E-state index in [1.165, 1.54) is 12.3 Å². The van der Waals surface area contributed by atoms with Gasteiger partial charge in [-0.05, 0) is 25.0 Å². The summed E-state index contributed by atoms with van der Waals surface area (Å²) in [4.78, 5) is 14.1. The molecule has 1 heterocycles. The molecule has 0 spiro atoms. The number of carboxylic acid groups (broad SMARTS) is 1. The van der Waals surface area contributed by atoms with Crippen LogP contribution >= 0.6 is 11.6 Å². The largest absolute Gasteiger partial charge is 0.481 e. The van der Waals surface area contributed by atoms with E-state index in [4.69, 9.17) is 16.7 Å². The molecule has 8 heteroatoms. The maximum atomic E-state index is 11.7. The molecule has 0 fully saturated rings. The summed E-state index contributed by atoms with van der Waals surface area (Å²) in [7, 11) is -3.56. The first kappa shape index (κ1) is 14.7. The highest BCUT2D eigenvalue weighted by molar-refractivity contribution is 7.92. The number of sulfonamides is 1. The third kappa shape index (κ3) is 4.89. The Bertz CT molecular complexity index is 545. The SMILES string of the molecule is Cc1cc(Cl)ncc1NS(=O)(=O)CCCC(=O)O. The number of rotatable bonds is 6. The summed E-state index contributed by atoms with van der Waals surface area (Å²) in [5.74, 6) is -1.27. The number of nitrogens with zero attached hydrogens (tertiary/aromatic N) is 1. The van der Waals surface area contributed by atoms with Crippen molar-refractivity contribution in [3.63, 3.8) is 0 Å². The minimum atomic E-state index is -3.56. The molecule has 0 aromatic carbocycles. The Balaban J connectivity index is 2.67. The van der Waals surface area contributed by atoms with E-state index in [0.29, 0.717) is 11.3 Å². The van der Waals surface area contributed by atoms with Crippen molar-refractivity contribution in [1.29, 1.82) is 0 Å². The Morgan fingerprint density at radius 2 is 2.22 bits per heavy atom. The summed E-state index contributed by atoms with van der Waals surface area (Å²) in [5.41, 5.74) is 0.992. The lowest BCUT2D eigenvalue weighted by Crippen LogP contribution is -2.18. The van der Waals surface area contributed by atoms with Crippen LogP contribution in [0.3, 0.4) is 0 Å². The minimum absolute atomic E-state index is 0.0603. The summed E-state index contributed by atoms with van der Waals surface area (Å²) in [6, 6.07) is 1.54. The number of aromatic nitrogens is 1. The average Bonchev–Trinajstić information content (AvgIpc) is 2.21. The fraction of sp³-hybridized carbons (Fsp3) is 0.400. The number of hydrogen-bond donors (Lipinski definition) is 2. The van der Waals surface area contributed by atoms with Gasteiger partial charge in [-0.25, -0.2) is 13.4 Å². The average molecular weight is 293 g/mol. The lowest BCUT2D eigenvalue weighted by molar-refractivity contribution is -0.137. The van der Waals surface area contributed by atoms with E-state index in [-0.39, 0.29) is 23.7 Å². The van der Waals surface area contributed by atoms with Crippen LogP contribution in [0.1, 0.15) is 18.4 Å². The molecule has 100 valence electrons. The van der Waals surface area contributed by atoms with Crippen molar-refractivity contribution >= 4 is 33.3 Å². The lowest BCUT2D eigenvalue weighted by Gasteiger charge is -2.09. The smallest absolute Gasteiger partial charge is 0.303 e. The second-order valence-corrected chi connectivity index (χ2v) is 5.97. The number of nitrogens with one attached hydrogen (secondary N) is 1. The van der Waals surface area contributed by atoms with Crippen LogP contribution in [0.4, 0.5) is 5.69 Å². The quantitative estimate of drug-likeness (QED) is 0.777. The number of anilines is 1. The molecule has 2 N–H and O–H groups in total. The monoisotopic (exact) mass is 292 g/mol. The van der Waals surface area contributed by atoms with E-state index in [1.807, 2.05) is 0 Å². The summed E-state index contributed by atoms with van der Waals surface area (Å²) in [6.45, 7) is 1.70. The number of hydrogen-bond acceptors (Lipinski definition) is 4. The summed E-state index contributed by atoms with van der Waals surface area (Å²) in [6.07, 6.45) is 1.20. The highest BCUT2D eigenvalue weighted by Crippen LogP contribution is 2.18. The normalized spacial score (nSPS) is 11.2. The standard InChI is InChI=1S/C10H13ClN2O4S/c1-7-5-9(11)12-6-8(7)13-18(16,17)4-2-3-10(14)15/h5-6,13H,2-4H2,1H3,(H,14,15). The number of carbonyl (C=O) groups is 1. The summed E-state index contributed by atoms with van der Waals surface area (Å²) >= 11 is 5.65. The molecule has 1 aromatic rings. The van der Waals surface area contributed by atoms with Crippen LogP contribution in [0, 0.1) is 6.92 Å². The molecule has 0 aliphatic carbocycles. The predicted octanol–water partition coefficient (Wildman–Crippen LogP) is 1.65. The minimum Gasteiger partial charge on any atom is -0.481 e. The molecule has 0 atom stereocenters. The van der Waals surface area contributed by atoms with Crippen molar-refractivity contribution in [3.05, 3.63) is 23.0 Å². The van der Waals surface area contributed by atoms with Crippen molar-refractivity contribution in [2.45, 2.75) is 19.8 Å². The highest BCUT2D eigenvalue weighted by Gasteiger charge is 2.13. The van der Waals surface area contributed by atoms with Crippen LogP contribution in [-0.2, 0) is 14.8 Å². The Morgan fingerprint density at radius 1 is 1.56 bits per heavy atom. The number of aryl methyl sites for hydroxylation is 1. The molecule has 0 unspecified atom stereocenters. The van der Waals surface area contributed by atoms with Gasteiger partial charge in [-0.1, -0.05) is 11.6 Å². The van der Waals surface area contributed by atoms with Crippen LogP contribution in [0.2, 0.25) is 5.15 Å². The number of carboxylic acids is 1. The predicted molar refractivity (Wildman–Crippen MR) is 68.3 cm³/mol. The van der Waals surface area contributed by atoms with Gasteiger partial charge in [0.2, 0.25) is 10.0 Å². The zero-order valence-electron chi connectivity index (χ0n) is 9.68. The fourth-order valence-electron chi connectivity index (χ4n) is 1.26.